The zero-order valence-corrected chi connectivity index (χ0v) is 9.38. The lowest BCUT2D eigenvalue weighted by Crippen LogP contribution is -2.05. The Bertz CT molecular complexity index is 559. The van der Waals surface area contributed by atoms with Crippen LogP contribution in [0.25, 0.3) is 0 Å². The molecule has 0 spiro atoms. The number of carbonyl (C=O) groups excluding carboxylic acids is 2. The van der Waals surface area contributed by atoms with Crippen molar-refractivity contribution < 1.29 is 9.59 Å². The third-order valence-corrected chi connectivity index (χ3v) is 2.44. The minimum Gasteiger partial charge on any atom is -0.296 e. The Kier molecular flexibility index (Phi) is 3.10. The summed E-state index contributed by atoms with van der Waals surface area (Å²) in [5.74, 6) is -0.172. The van der Waals surface area contributed by atoms with Gasteiger partial charge in [0.15, 0.2) is 6.29 Å². The van der Waals surface area contributed by atoms with Crippen molar-refractivity contribution in [2.45, 2.75) is 6.92 Å². The van der Waals surface area contributed by atoms with Gasteiger partial charge in [0.25, 0.3) is 0 Å². The smallest absolute Gasteiger partial charge is 0.211 e. The fourth-order valence-corrected chi connectivity index (χ4v) is 1.50. The zero-order chi connectivity index (χ0) is 12.3. The molecule has 17 heavy (non-hydrogen) atoms. The minimum atomic E-state index is -0.172. The second-order valence-corrected chi connectivity index (χ2v) is 3.76. The lowest BCUT2D eigenvalue weighted by atomic mass is 10.1. The number of rotatable bonds is 3. The number of hydrogen-bond acceptors (Lipinski definition) is 3. The van der Waals surface area contributed by atoms with E-state index < -0.39 is 0 Å². The van der Waals surface area contributed by atoms with Crippen molar-refractivity contribution in [3.05, 3.63) is 65.0 Å². The van der Waals surface area contributed by atoms with Gasteiger partial charge < -0.3 is 0 Å². The van der Waals surface area contributed by atoms with Gasteiger partial charge in [0.2, 0.25) is 5.78 Å². The second kappa shape index (κ2) is 4.70. The van der Waals surface area contributed by atoms with Crippen LogP contribution in [0.3, 0.4) is 0 Å². The molecule has 1 aromatic heterocycles. The Hall–Kier alpha value is -2.29. The number of aldehydes is 1. The molecule has 0 unspecified atom stereocenters. The summed E-state index contributed by atoms with van der Waals surface area (Å²) in [5, 5.41) is 0. The molecule has 2 rings (SSSR count). The molecule has 0 aliphatic carbocycles. The van der Waals surface area contributed by atoms with E-state index in [1.807, 2.05) is 19.1 Å². The number of ketones is 1. The summed E-state index contributed by atoms with van der Waals surface area (Å²) < 4.78 is 0. The van der Waals surface area contributed by atoms with Crippen LogP contribution in [-0.4, -0.2) is 17.1 Å². The summed E-state index contributed by atoms with van der Waals surface area (Å²) in [6, 6.07) is 12.1. The van der Waals surface area contributed by atoms with Crippen molar-refractivity contribution in [1.82, 2.24) is 4.98 Å². The SMILES string of the molecule is Cc1ccc(C(=O)c2cccc(C=O)n2)cc1. The topological polar surface area (TPSA) is 47.0 Å². The van der Waals surface area contributed by atoms with E-state index >= 15 is 0 Å². The van der Waals surface area contributed by atoms with Gasteiger partial charge in [-0.05, 0) is 19.1 Å². The molecule has 0 N–H and O–H groups in total. The van der Waals surface area contributed by atoms with Crippen LogP contribution in [0.2, 0.25) is 0 Å². The first-order chi connectivity index (χ1) is 8.20. The molecule has 1 aromatic carbocycles. The molecule has 0 bridgehead atoms. The highest BCUT2D eigenvalue weighted by Gasteiger charge is 2.10. The quantitative estimate of drug-likeness (QED) is 0.595. The number of aryl methyl sites for hydroxylation is 1. The second-order valence-electron chi connectivity index (χ2n) is 3.76. The molecular formula is C14H11NO2. The predicted molar refractivity (Wildman–Crippen MR) is 64.2 cm³/mol. The van der Waals surface area contributed by atoms with Gasteiger partial charge in [0, 0.05) is 5.56 Å². The molecule has 0 amide bonds. The van der Waals surface area contributed by atoms with Crippen LogP contribution >= 0.6 is 0 Å². The highest BCUT2D eigenvalue weighted by molar-refractivity contribution is 6.07. The molecule has 0 atom stereocenters. The third kappa shape index (κ3) is 2.45. The first-order valence-corrected chi connectivity index (χ1v) is 5.24. The first kappa shape index (κ1) is 11.2. The maximum absolute atomic E-state index is 12.0. The van der Waals surface area contributed by atoms with Crippen molar-refractivity contribution in [2.75, 3.05) is 0 Å². The normalized spacial score (nSPS) is 9.94. The average Bonchev–Trinajstić information content (AvgIpc) is 2.39. The molecule has 0 aliphatic rings. The number of carbonyl (C=O) groups is 2. The van der Waals surface area contributed by atoms with E-state index in [2.05, 4.69) is 4.98 Å². The fourth-order valence-electron chi connectivity index (χ4n) is 1.50. The fraction of sp³-hybridized carbons (Fsp3) is 0.0714. The Morgan fingerprint density at radius 2 is 1.82 bits per heavy atom. The molecule has 0 aliphatic heterocycles. The molecule has 3 heteroatoms. The van der Waals surface area contributed by atoms with Crippen LogP contribution in [0, 0.1) is 6.92 Å². The van der Waals surface area contributed by atoms with Crippen molar-refractivity contribution in [2.24, 2.45) is 0 Å². The van der Waals surface area contributed by atoms with Crippen LogP contribution < -0.4 is 0 Å². The van der Waals surface area contributed by atoms with Crippen LogP contribution in [0.1, 0.15) is 32.1 Å². The maximum Gasteiger partial charge on any atom is 0.211 e. The van der Waals surface area contributed by atoms with Crippen LogP contribution in [0.15, 0.2) is 42.5 Å². The van der Waals surface area contributed by atoms with E-state index in [1.54, 1.807) is 30.3 Å². The Balaban J connectivity index is 2.36. The van der Waals surface area contributed by atoms with Gasteiger partial charge in [-0.25, -0.2) is 4.98 Å². The lowest BCUT2D eigenvalue weighted by Gasteiger charge is -2.01. The van der Waals surface area contributed by atoms with E-state index in [-0.39, 0.29) is 11.5 Å². The molecule has 0 fully saturated rings. The van der Waals surface area contributed by atoms with Gasteiger partial charge >= 0.3 is 0 Å². The van der Waals surface area contributed by atoms with Crippen LogP contribution in [0.5, 0.6) is 0 Å². The summed E-state index contributed by atoms with van der Waals surface area (Å²) >= 11 is 0. The molecule has 84 valence electrons. The zero-order valence-electron chi connectivity index (χ0n) is 9.38. The van der Waals surface area contributed by atoms with E-state index in [4.69, 9.17) is 0 Å². The Labute approximate surface area is 99.1 Å². The number of benzene rings is 1. The predicted octanol–water partition coefficient (Wildman–Crippen LogP) is 2.43. The van der Waals surface area contributed by atoms with Crippen molar-refractivity contribution in [1.29, 1.82) is 0 Å². The number of pyridine rings is 1. The van der Waals surface area contributed by atoms with E-state index in [1.165, 1.54) is 0 Å². The average molecular weight is 225 g/mol. The number of hydrogen-bond donors (Lipinski definition) is 0. The summed E-state index contributed by atoms with van der Waals surface area (Å²) in [4.78, 5) is 26.6. The van der Waals surface area contributed by atoms with E-state index in [9.17, 15) is 9.59 Å². The largest absolute Gasteiger partial charge is 0.296 e. The molecule has 1 heterocycles. The molecule has 2 aromatic rings. The van der Waals surface area contributed by atoms with Crippen molar-refractivity contribution in [3.8, 4) is 0 Å². The molecule has 0 saturated heterocycles. The highest BCUT2D eigenvalue weighted by Crippen LogP contribution is 2.09. The van der Waals surface area contributed by atoms with Crippen LogP contribution in [-0.2, 0) is 0 Å². The summed E-state index contributed by atoms with van der Waals surface area (Å²) in [6.07, 6.45) is 0.631. The molecule has 3 nitrogen and oxygen atoms in total. The van der Waals surface area contributed by atoms with Gasteiger partial charge in [-0.1, -0.05) is 35.9 Å². The van der Waals surface area contributed by atoms with Gasteiger partial charge in [-0.3, -0.25) is 9.59 Å². The maximum atomic E-state index is 12.0. The lowest BCUT2D eigenvalue weighted by molar-refractivity contribution is 0.103. The van der Waals surface area contributed by atoms with Crippen LogP contribution in [0.4, 0.5) is 0 Å². The Morgan fingerprint density at radius 3 is 2.47 bits per heavy atom. The Morgan fingerprint density at radius 1 is 1.12 bits per heavy atom. The molecule has 0 radical (unpaired) electrons. The summed E-state index contributed by atoms with van der Waals surface area (Å²) in [6.45, 7) is 1.96. The first-order valence-electron chi connectivity index (χ1n) is 5.24. The van der Waals surface area contributed by atoms with Gasteiger partial charge in [0.1, 0.15) is 11.4 Å². The van der Waals surface area contributed by atoms with E-state index in [0.717, 1.165) is 5.56 Å². The standard InChI is InChI=1S/C14H11NO2/c1-10-5-7-11(8-6-10)14(17)13-4-2-3-12(9-16)15-13/h2-9H,1H3. The third-order valence-electron chi connectivity index (χ3n) is 2.44. The monoisotopic (exact) mass is 225 g/mol. The van der Waals surface area contributed by atoms with Gasteiger partial charge in [-0.15, -0.1) is 0 Å². The number of nitrogens with zero attached hydrogens (tertiary/aromatic N) is 1. The molecule has 0 saturated carbocycles. The number of aromatic nitrogens is 1. The van der Waals surface area contributed by atoms with Gasteiger partial charge in [0.05, 0.1) is 0 Å². The van der Waals surface area contributed by atoms with Crippen molar-refractivity contribution in [3.63, 3.8) is 0 Å². The van der Waals surface area contributed by atoms with E-state index in [0.29, 0.717) is 17.5 Å². The summed E-state index contributed by atoms with van der Waals surface area (Å²) in [5.41, 5.74) is 2.23. The molecular weight excluding hydrogens is 214 g/mol. The van der Waals surface area contributed by atoms with Gasteiger partial charge in [-0.2, -0.15) is 0 Å². The summed E-state index contributed by atoms with van der Waals surface area (Å²) in [7, 11) is 0. The highest BCUT2D eigenvalue weighted by atomic mass is 16.1. The minimum absolute atomic E-state index is 0.172. The van der Waals surface area contributed by atoms with Crippen molar-refractivity contribution >= 4 is 12.1 Å².